The zero-order chi connectivity index (χ0) is 13.7. The summed E-state index contributed by atoms with van der Waals surface area (Å²) < 4.78 is 0. The summed E-state index contributed by atoms with van der Waals surface area (Å²) in [5, 5.41) is 19.5. The van der Waals surface area contributed by atoms with Gasteiger partial charge in [-0.15, -0.1) is 0 Å². The van der Waals surface area contributed by atoms with Gasteiger partial charge in [0.1, 0.15) is 0 Å². The van der Waals surface area contributed by atoms with Crippen LogP contribution in [0.4, 0.5) is 5.69 Å². The lowest BCUT2D eigenvalue weighted by molar-refractivity contribution is -0.384. The lowest BCUT2D eigenvalue weighted by Gasteiger charge is -2.26. The fourth-order valence-electron chi connectivity index (χ4n) is 1.70. The molecule has 0 saturated carbocycles. The van der Waals surface area contributed by atoms with E-state index in [1.54, 1.807) is 24.1 Å². The predicted octanol–water partition coefficient (Wildman–Crippen LogP) is 0.846. The largest absolute Gasteiger partial charge is 0.395 e. The number of hydrogen-bond donors (Lipinski definition) is 2. The van der Waals surface area contributed by atoms with Crippen molar-refractivity contribution in [2.75, 3.05) is 20.2 Å². The maximum atomic E-state index is 10.6. The van der Waals surface area contributed by atoms with E-state index in [2.05, 4.69) is 0 Å². The molecule has 0 amide bonds. The van der Waals surface area contributed by atoms with E-state index in [1.165, 1.54) is 12.1 Å². The maximum Gasteiger partial charge on any atom is 0.269 e. The van der Waals surface area contributed by atoms with Gasteiger partial charge in [0.2, 0.25) is 0 Å². The second-order valence-corrected chi connectivity index (χ2v) is 4.33. The summed E-state index contributed by atoms with van der Waals surface area (Å²) in [5.74, 6) is 0. The smallest absolute Gasteiger partial charge is 0.269 e. The summed E-state index contributed by atoms with van der Waals surface area (Å²) in [4.78, 5) is 12.2. The molecule has 0 bridgehead atoms. The minimum Gasteiger partial charge on any atom is -0.395 e. The molecule has 1 aromatic rings. The monoisotopic (exact) mass is 269 g/mol. The van der Waals surface area contributed by atoms with Gasteiger partial charge in [-0.3, -0.25) is 15.0 Å². The third-order valence-corrected chi connectivity index (χ3v) is 2.81. The van der Waals surface area contributed by atoms with Crippen LogP contribution in [0.5, 0.6) is 0 Å². The Morgan fingerprint density at radius 2 is 2.11 bits per heavy atom. The first-order chi connectivity index (χ1) is 8.47. The minimum atomic E-state index is -0.461. The topological polar surface area (TPSA) is 92.6 Å². The van der Waals surface area contributed by atoms with E-state index in [1.807, 2.05) is 0 Å². The number of likely N-dealkylation sites (N-methyl/N-ethyl adjacent to an activating group) is 1. The van der Waals surface area contributed by atoms with Crippen molar-refractivity contribution in [2.24, 2.45) is 5.73 Å². The van der Waals surface area contributed by atoms with E-state index in [9.17, 15) is 10.1 Å². The number of thiocarbonyl (C=S) groups is 1. The summed E-state index contributed by atoms with van der Waals surface area (Å²) in [7, 11) is 1.78. The number of nitrogens with two attached hydrogens (primary N) is 1. The van der Waals surface area contributed by atoms with E-state index in [0.717, 1.165) is 5.56 Å². The van der Waals surface area contributed by atoms with Crippen LogP contribution >= 0.6 is 12.2 Å². The molecule has 0 spiro atoms. The number of non-ortho nitro benzene ring substituents is 1. The molecule has 1 unspecified atom stereocenters. The molecule has 0 fully saturated rings. The van der Waals surface area contributed by atoms with Gasteiger partial charge in [-0.1, -0.05) is 24.4 Å². The molecule has 0 aliphatic heterocycles. The number of benzene rings is 1. The molecular formula is C11H15N3O3S. The van der Waals surface area contributed by atoms with Crippen LogP contribution in [0.1, 0.15) is 11.6 Å². The van der Waals surface area contributed by atoms with Crippen LogP contribution in [-0.4, -0.2) is 40.1 Å². The highest BCUT2D eigenvalue weighted by Gasteiger charge is 2.20. The Labute approximate surface area is 110 Å². The molecular weight excluding hydrogens is 254 g/mol. The molecule has 0 saturated heterocycles. The summed E-state index contributed by atoms with van der Waals surface area (Å²) in [5.41, 5.74) is 6.46. The van der Waals surface area contributed by atoms with Gasteiger partial charge in [-0.05, 0) is 12.6 Å². The third-order valence-electron chi connectivity index (χ3n) is 2.58. The van der Waals surface area contributed by atoms with Crippen molar-refractivity contribution in [3.8, 4) is 0 Å². The normalized spacial score (nSPS) is 12.4. The number of nitro benzene ring substituents is 1. The Hall–Kier alpha value is -1.57. The number of aliphatic hydroxyl groups excluding tert-OH is 1. The molecule has 18 heavy (non-hydrogen) atoms. The van der Waals surface area contributed by atoms with Crippen LogP contribution in [-0.2, 0) is 0 Å². The number of aliphatic hydroxyl groups is 1. The molecule has 0 heterocycles. The lowest BCUT2D eigenvalue weighted by Crippen LogP contribution is -2.35. The number of rotatable bonds is 6. The summed E-state index contributed by atoms with van der Waals surface area (Å²) in [6.45, 7) is 0.404. The molecule has 0 aromatic heterocycles. The molecule has 1 atom stereocenters. The quantitative estimate of drug-likeness (QED) is 0.452. The zero-order valence-corrected chi connectivity index (χ0v) is 10.8. The van der Waals surface area contributed by atoms with Crippen LogP contribution in [0.2, 0.25) is 0 Å². The molecule has 7 heteroatoms. The van der Waals surface area contributed by atoms with Crippen molar-refractivity contribution in [2.45, 2.75) is 6.04 Å². The van der Waals surface area contributed by atoms with E-state index >= 15 is 0 Å². The fraction of sp³-hybridized carbons (Fsp3) is 0.364. The van der Waals surface area contributed by atoms with Crippen molar-refractivity contribution in [3.63, 3.8) is 0 Å². The zero-order valence-electron chi connectivity index (χ0n) is 9.94. The summed E-state index contributed by atoms with van der Waals surface area (Å²) >= 11 is 4.99. The van der Waals surface area contributed by atoms with Crippen molar-refractivity contribution >= 4 is 22.9 Å². The van der Waals surface area contributed by atoms with Gasteiger partial charge in [0.15, 0.2) is 0 Å². The van der Waals surface area contributed by atoms with Gasteiger partial charge in [-0.2, -0.15) is 0 Å². The van der Waals surface area contributed by atoms with Crippen LogP contribution in [0.15, 0.2) is 24.3 Å². The Morgan fingerprint density at radius 3 is 2.50 bits per heavy atom. The second kappa shape index (κ2) is 6.39. The highest BCUT2D eigenvalue weighted by Crippen LogP contribution is 2.22. The molecule has 1 aromatic carbocycles. The van der Waals surface area contributed by atoms with Gasteiger partial charge in [0.05, 0.1) is 22.6 Å². The van der Waals surface area contributed by atoms with Gasteiger partial charge < -0.3 is 10.8 Å². The van der Waals surface area contributed by atoms with Crippen molar-refractivity contribution in [3.05, 3.63) is 39.9 Å². The van der Waals surface area contributed by atoms with Crippen LogP contribution in [0.3, 0.4) is 0 Å². The van der Waals surface area contributed by atoms with Crippen molar-refractivity contribution < 1.29 is 10.0 Å². The van der Waals surface area contributed by atoms with Crippen LogP contribution < -0.4 is 5.73 Å². The molecule has 0 aliphatic rings. The average Bonchev–Trinajstić information content (AvgIpc) is 2.29. The third kappa shape index (κ3) is 3.46. The Morgan fingerprint density at radius 1 is 1.56 bits per heavy atom. The Balaban J connectivity index is 2.99. The Bertz CT molecular complexity index is 436. The van der Waals surface area contributed by atoms with Crippen LogP contribution in [0, 0.1) is 10.1 Å². The van der Waals surface area contributed by atoms with Crippen molar-refractivity contribution in [1.82, 2.24) is 4.90 Å². The van der Waals surface area contributed by atoms with Gasteiger partial charge >= 0.3 is 0 Å². The SMILES string of the molecule is CN(CCO)C(C(N)=S)c1ccc([N+](=O)[O-])cc1. The first-order valence-electron chi connectivity index (χ1n) is 5.32. The maximum absolute atomic E-state index is 10.6. The highest BCUT2D eigenvalue weighted by molar-refractivity contribution is 7.80. The highest BCUT2D eigenvalue weighted by atomic mass is 32.1. The van der Waals surface area contributed by atoms with E-state index in [0.29, 0.717) is 6.54 Å². The van der Waals surface area contributed by atoms with E-state index < -0.39 is 4.92 Å². The lowest BCUT2D eigenvalue weighted by atomic mass is 10.1. The predicted molar refractivity (Wildman–Crippen MR) is 72.3 cm³/mol. The molecule has 98 valence electrons. The molecule has 0 radical (unpaired) electrons. The molecule has 0 aliphatic carbocycles. The first-order valence-corrected chi connectivity index (χ1v) is 5.73. The fourth-order valence-corrected chi connectivity index (χ4v) is 2.02. The van der Waals surface area contributed by atoms with E-state index in [-0.39, 0.29) is 23.3 Å². The number of hydrogen-bond acceptors (Lipinski definition) is 5. The van der Waals surface area contributed by atoms with Gasteiger partial charge in [0, 0.05) is 18.7 Å². The summed E-state index contributed by atoms with van der Waals surface area (Å²) in [6, 6.07) is 5.72. The van der Waals surface area contributed by atoms with Gasteiger partial charge in [-0.25, -0.2) is 0 Å². The van der Waals surface area contributed by atoms with Crippen LogP contribution in [0.25, 0.3) is 0 Å². The molecule has 1 rings (SSSR count). The van der Waals surface area contributed by atoms with E-state index in [4.69, 9.17) is 23.1 Å². The second-order valence-electron chi connectivity index (χ2n) is 3.86. The number of nitrogens with zero attached hydrogens (tertiary/aromatic N) is 2. The van der Waals surface area contributed by atoms with Crippen molar-refractivity contribution in [1.29, 1.82) is 0 Å². The molecule has 3 N–H and O–H groups in total. The number of nitro groups is 1. The average molecular weight is 269 g/mol. The van der Waals surface area contributed by atoms with Gasteiger partial charge in [0.25, 0.3) is 5.69 Å². The standard InChI is InChI=1S/C11H15N3O3S/c1-13(6-7-15)10(11(12)18)8-2-4-9(5-3-8)14(16)17/h2-5,10,15H,6-7H2,1H3,(H2,12,18). The Kier molecular flexibility index (Phi) is 5.14. The first kappa shape index (κ1) is 14.5. The molecule has 6 nitrogen and oxygen atoms in total. The minimum absolute atomic E-state index is 0.0113. The summed E-state index contributed by atoms with van der Waals surface area (Å²) in [6.07, 6.45) is 0.